The highest BCUT2D eigenvalue weighted by Gasteiger charge is 2.09. The maximum atomic E-state index is 10.9. The van der Waals surface area contributed by atoms with E-state index < -0.39 is 0 Å². The van der Waals surface area contributed by atoms with Gasteiger partial charge in [0.1, 0.15) is 0 Å². The van der Waals surface area contributed by atoms with Crippen LogP contribution in [0.2, 0.25) is 0 Å². The van der Waals surface area contributed by atoms with E-state index in [0.29, 0.717) is 0 Å². The van der Waals surface area contributed by atoms with Gasteiger partial charge in [0.15, 0.2) is 0 Å². The van der Waals surface area contributed by atoms with Gasteiger partial charge in [0.25, 0.3) is 0 Å². The van der Waals surface area contributed by atoms with Crippen molar-refractivity contribution in [1.82, 2.24) is 0 Å². The first-order valence-electron chi connectivity index (χ1n) is 5.22. The van der Waals surface area contributed by atoms with Crippen molar-refractivity contribution < 1.29 is 4.57 Å². The van der Waals surface area contributed by atoms with Gasteiger partial charge in [-0.15, -0.1) is 0 Å². The average molecular weight is 228 g/mol. The van der Waals surface area contributed by atoms with E-state index in [2.05, 4.69) is 24.3 Å². The third-order valence-electron chi connectivity index (χ3n) is 2.55. The van der Waals surface area contributed by atoms with Gasteiger partial charge in [0.2, 0.25) is 0 Å². The predicted molar refractivity (Wildman–Crippen MR) is 69.8 cm³/mol. The summed E-state index contributed by atoms with van der Waals surface area (Å²) in [7, 11) is -0.386. The molecule has 1 atom stereocenters. The summed E-state index contributed by atoms with van der Waals surface area (Å²) in [5, 5.41) is 0. The highest BCUT2D eigenvalue weighted by molar-refractivity contribution is 7.25. The normalized spacial score (nSPS) is 10.6. The molecule has 2 rings (SSSR count). The molecule has 0 N–H and O–H groups in total. The lowest BCUT2D eigenvalue weighted by Crippen LogP contribution is -2.00. The quantitative estimate of drug-likeness (QED) is 0.733. The summed E-state index contributed by atoms with van der Waals surface area (Å²) in [5.74, 6) is 1.96. The molecule has 0 fully saturated rings. The van der Waals surface area contributed by atoms with E-state index in [-0.39, 0.29) is 14.0 Å². The summed E-state index contributed by atoms with van der Waals surface area (Å²) >= 11 is 0. The minimum atomic E-state index is -0.386. The van der Waals surface area contributed by atoms with Crippen LogP contribution in [0.25, 0.3) is 0 Å². The largest absolute Gasteiger partial charge is 0.286 e. The third kappa shape index (κ3) is 2.50. The first kappa shape index (κ1) is 10.9. The Morgan fingerprint density at radius 2 is 1.25 bits per heavy atom. The van der Waals surface area contributed by atoms with E-state index in [9.17, 15) is 4.57 Å². The van der Waals surface area contributed by atoms with E-state index in [1.807, 2.05) is 42.2 Å². The Hall–Kier alpha value is -1.59. The van der Waals surface area contributed by atoms with Crippen molar-refractivity contribution in [3.8, 4) is 0 Å². The molecule has 80 valence electrons. The highest BCUT2D eigenvalue weighted by Crippen LogP contribution is 2.23. The molecule has 0 spiro atoms. The number of benzene rings is 2. The zero-order valence-electron chi connectivity index (χ0n) is 8.84. The second-order valence-corrected chi connectivity index (χ2v) is 4.15. The molecule has 0 aromatic heterocycles. The van der Waals surface area contributed by atoms with Crippen molar-refractivity contribution >= 4 is 13.9 Å². The van der Waals surface area contributed by atoms with Crippen LogP contribution < -0.4 is 0 Å². The van der Waals surface area contributed by atoms with Crippen LogP contribution in [0.1, 0.15) is 17.0 Å². The average Bonchev–Trinajstić information content (AvgIpc) is 2.38. The second kappa shape index (κ2) is 5.48. The SMILES string of the molecule is O=[PH]=CC(c1ccccc1)c1ccccc1. The van der Waals surface area contributed by atoms with Gasteiger partial charge in [0.05, 0.1) is 8.08 Å². The van der Waals surface area contributed by atoms with Gasteiger partial charge in [-0.05, 0) is 16.9 Å². The van der Waals surface area contributed by atoms with Crippen molar-refractivity contribution in [3.63, 3.8) is 0 Å². The van der Waals surface area contributed by atoms with Crippen LogP contribution in [-0.4, -0.2) is 5.80 Å². The van der Waals surface area contributed by atoms with Gasteiger partial charge in [-0.3, -0.25) is 4.57 Å². The molecule has 0 amide bonds. The van der Waals surface area contributed by atoms with E-state index in [1.165, 1.54) is 11.1 Å². The van der Waals surface area contributed by atoms with Crippen molar-refractivity contribution in [3.05, 3.63) is 71.8 Å². The maximum Gasteiger partial charge on any atom is 0.0796 e. The molecule has 2 aromatic rings. The van der Waals surface area contributed by atoms with Crippen molar-refractivity contribution in [2.24, 2.45) is 0 Å². The molecule has 16 heavy (non-hydrogen) atoms. The molecule has 0 aliphatic carbocycles. The van der Waals surface area contributed by atoms with Crippen LogP contribution in [0.15, 0.2) is 60.7 Å². The fourth-order valence-corrected chi connectivity index (χ4v) is 2.29. The number of rotatable bonds is 3. The van der Waals surface area contributed by atoms with Crippen LogP contribution >= 0.6 is 8.08 Å². The first-order chi connectivity index (χ1) is 7.92. The molecule has 2 aromatic carbocycles. The molecule has 0 aliphatic rings. The van der Waals surface area contributed by atoms with Crippen molar-refractivity contribution in [1.29, 1.82) is 0 Å². The van der Waals surface area contributed by atoms with Gasteiger partial charge < -0.3 is 0 Å². The molecular weight excluding hydrogens is 215 g/mol. The molecule has 0 saturated heterocycles. The molecule has 0 saturated carbocycles. The molecular formula is C14H13OP. The lowest BCUT2D eigenvalue weighted by atomic mass is 9.93. The molecule has 1 unspecified atom stereocenters. The molecule has 0 aliphatic heterocycles. The van der Waals surface area contributed by atoms with Gasteiger partial charge in [-0.1, -0.05) is 60.7 Å². The molecule has 2 heteroatoms. The van der Waals surface area contributed by atoms with Gasteiger partial charge >= 0.3 is 0 Å². The summed E-state index contributed by atoms with van der Waals surface area (Å²) in [6, 6.07) is 20.3. The summed E-state index contributed by atoms with van der Waals surface area (Å²) in [6.07, 6.45) is 0. The van der Waals surface area contributed by atoms with Crippen LogP contribution in [-0.2, 0) is 4.57 Å². The van der Waals surface area contributed by atoms with Crippen LogP contribution in [0.3, 0.4) is 0 Å². The molecule has 0 radical (unpaired) electrons. The zero-order valence-corrected chi connectivity index (χ0v) is 9.84. The number of hydrogen-bond acceptors (Lipinski definition) is 1. The minimum absolute atomic E-state index is 0.123. The highest BCUT2D eigenvalue weighted by atomic mass is 31.0. The summed E-state index contributed by atoms with van der Waals surface area (Å²) < 4.78 is 10.9. The second-order valence-electron chi connectivity index (χ2n) is 3.58. The standard InChI is InChI=1S/C14H13OP/c15-16-11-14(12-7-3-1-4-8-12)13-9-5-2-6-10-13/h1-11,14,16H. The van der Waals surface area contributed by atoms with E-state index in [0.717, 1.165) is 0 Å². The Balaban J connectivity index is 2.43. The van der Waals surface area contributed by atoms with E-state index >= 15 is 0 Å². The summed E-state index contributed by atoms with van der Waals surface area (Å²) in [6.45, 7) is 0. The molecule has 0 heterocycles. The van der Waals surface area contributed by atoms with Gasteiger partial charge in [0, 0.05) is 5.92 Å². The zero-order chi connectivity index (χ0) is 11.2. The van der Waals surface area contributed by atoms with Gasteiger partial charge in [-0.2, -0.15) is 0 Å². The van der Waals surface area contributed by atoms with Crippen LogP contribution in [0.4, 0.5) is 0 Å². The smallest absolute Gasteiger partial charge is 0.0796 e. The Bertz CT molecular complexity index is 447. The van der Waals surface area contributed by atoms with Crippen LogP contribution in [0, 0.1) is 0 Å². The topological polar surface area (TPSA) is 17.1 Å². The minimum Gasteiger partial charge on any atom is -0.286 e. The van der Waals surface area contributed by atoms with Crippen molar-refractivity contribution in [2.75, 3.05) is 0 Å². The predicted octanol–water partition coefficient (Wildman–Crippen LogP) is 3.64. The Morgan fingerprint density at radius 3 is 1.62 bits per heavy atom. The Morgan fingerprint density at radius 1 is 0.812 bits per heavy atom. The Kier molecular flexibility index (Phi) is 3.74. The fraction of sp³-hybridized carbons (Fsp3) is 0.0714. The monoisotopic (exact) mass is 228 g/mol. The maximum absolute atomic E-state index is 10.9. The third-order valence-corrected chi connectivity index (χ3v) is 3.02. The first-order valence-corrected chi connectivity index (χ1v) is 6.21. The molecule has 0 bridgehead atoms. The molecule has 1 nitrogen and oxygen atoms in total. The lowest BCUT2D eigenvalue weighted by Gasteiger charge is -2.12. The fourth-order valence-electron chi connectivity index (χ4n) is 1.77. The Labute approximate surface area is 96.6 Å². The van der Waals surface area contributed by atoms with Gasteiger partial charge in [-0.25, -0.2) is 0 Å². The van der Waals surface area contributed by atoms with Crippen molar-refractivity contribution in [2.45, 2.75) is 5.92 Å². The number of hydrogen-bond donors (Lipinski definition) is 0. The lowest BCUT2D eigenvalue weighted by molar-refractivity contribution is 0.606. The van der Waals surface area contributed by atoms with Crippen LogP contribution in [0.5, 0.6) is 0 Å². The van der Waals surface area contributed by atoms with E-state index in [1.54, 1.807) is 0 Å². The van der Waals surface area contributed by atoms with E-state index in [4.69, 9.17) is 0 Å². The summed E-state index contributed by atoms with van der Waals surface area (Å²) in [4.78, 5) is 0. The summed E-state index contributed by atoms with van der Waals surface area (Å²) in [5.41, 5.74) is 2.36.